The molecule has 0 bridgehead atoms. The SMILES string of the molecule is c1ccc(-c2nc(-c3ccc(-n4c5ccccc5c5ccc6c(c54)-c4ccccc4C64c5ccccc5-c5ccccc54)cc3)nc(-c3ccc4c(c3)oc3c(-c5ccccc5)cccc34)n2)cc1. The first-order chi connectivity index (χ1) is 34.2. The number of hydrogen-bond acceptors (Lipinski definition) is 4. The molecule has 0 unspecified atom stereocenters. The van der Waals surface area contributed by atoms with E-state index in [2.05, 4.69) is 199 Å². The Morgan fingerprint density at radius 3 is 1.58 bits per heavy atom. The Labute approximate surface area is 397 Å². The Hall–Kier alpha value is -9.19. The second-order valence-electron chi connectivity index (χ2n) is 18.2. The molecule has 0 saturated heterocycles. The highest BCUT2D eigenvalue weighted by Gasteiger charge is 2.52. The molecule has 0 amide bonds. The summed E-state index contributed by atoms with van der Waals surface area (Å²) in [6.45, 7) is 0. The molecule has 2 aliphatic rings. The van der Waals surface area contributed by atoms with Crippen molar-refractivity contribution in [2.45, 2.75) is 5.41 Å². The van der Waals surface area contributed by atoms with Crippen molar-refractivity contribution < 1.29 is 4.42 Å². The number of rotatable bonds is 5. The van der Waals surface area contributed by atoms with Crippen molar-refractivity contribution >= 4 is 43.7 Å². The van der Waals surface area contributed by atoms with Crippen molar-refractivity contribution in [3.05, 3.63) is 253 Å². The van der Waals surface area contributed by atoms with Gasteiger partial charge in [0, 0.05) is 55.0 Å². The summed E-state index contributed by atoms with van der Waals surface area (Å²) in [7, 11) is 0. The number of aromatic nitrogens is 4. The van der Waals surface area contributed by atoms with E-state index in [0.717, 1.165) is 61.0 Å². The summed E-state index contributed by atoms with van der Waals surface area (Å²) in [6.07, 6.45) is 0. The van der Waals surface area contributed by atoms with Gasteiger partial charge in [0.1, 0.15) is 11.2 Å². The van der Waals surface area contributed by atoms with Crippen molar-refractivity contribution in [1.82, 2.24) is 19.5 Å². The topological polar surface area (TPSA) is 56.7 Å². The average Bonchev–Trinajstić information content (AvgIpc) is 4.15. The molecular weight excluding hydrogens is 841 g/mol. The van der Waals surface area contributed by atoms with E-state index in [1.165, 1.54) is 60.8 Å². The first-order valence-electron chi connectivity index (χ1n) is 23.5. The van der Waals surface area contributed by atoms with E-state index in [9.17, 15) is 0 Å². The summed E-state index contributed by atoms with van der Waals surface area (Å²) in [5, 5.41) is 4.57. The van der Waals surface area contributed by atoms with Gasteiger partial charge in [-0.1, -0.05) is 188 Å². The summed E-state index contributed by atoms with van der Waals surface area (Å²) in [5.74, 6) is 1.78. The molecule has 10 aromatic carbocycles. The molecule has 0 fully saturated rings. The zero-order valence-electron chi connectivity index (χ0n) is 37.1. The summed E-state index contributed by atoms with van der Waals surface area (Å²) >= 11 is 0. The van der Waals surface area contributed by atoms with Crippen molar-refractivity contribution in [2.75, 3.05) is 0 Å². The number of furan rings is 1. The fraction of sp³-hybridized carbons (Fsp3) is 0.0156. The molecule has 2 aliphatic carbocycles. The minimum Gasteiger partial charge on any atom is -0.455 e. The lowest BCUT2D eigenvalue weighted by molar-refractivity contribution is 0.670. The molecule has 0 atom stereocenters. The van der Waals surface area contributed by atoms with Crippen LogP contribution in [-0.2, 0) is 5.41 Å². The van der Waals surface area contributed by atoms with Crippen LogP contribution in [-0.4, -0.2) is 19.5 Å². The monoisotopic (exact) mass is 878 g/mol. The van der Waals surface area contributed by atoms with Gasteiger partial charge in [-0.25, -0.2) is 15.0 Å². The van der Waals surface area contributed by atoms with Crippen LogP contribution in [0.15, 0.2) is 235 Å². The average molecular weight is 879 g/mol. The van der Waals surface area contributed by atoms with E-state index in [-0.39, 0.29) is 0 Å². The van der Waals surface area contributed by atoms with Gasteiger partial charge in [-0.05, 0) is 87.0 Å². The lowest BCUT2D eigenvalue weighted by atomic mass is 9.70. The molecule has 5 heteroatoms. The van der Waals surface area contributed by atoms with Gasteiger partial charge in [0.25, 0.3) is 0 Å². The Kier molecular flexibility index (Phi) is 7.93. The maximum absolute atomic E-state index is 6.67. The van der Waals surface area contributed by atoms with E-state index >= 15 is 0 Å². The molecule has 0 N–H and O–H groups in total. The standard InChI is InChI=1S/C64H38N4O/c1-3-16-39(17-4-1)44-24-15-25-50-48-35-32-42(38-57(48)69-60(44)50)63-66-61(40-18-5-2-6-19-40)65-62(67-63)41-30-33-43(34-31-41)68-56-29-14-10-22-47(56)49-36-37-55-58(59(49)68)51-23-9-13-28-54(51)64(55)52-26-11-7-20-45(52)46-21-8-12-27-53(46)64/h1-38H. The van der Waals surface area contributed by atoms with Crippen LogP contribution in [0.4, 0.5) is 0 Å². The number of hydrogen-bond donors (Lipinski definition) is 0. The Morgan fingerprint density at radius 2 is 0.870 bits per heavy atom. The van der Waals surface area contributed by atoms with Crippen molar-refractivity contribution in [3.63, 3.8) is 0 Å². The third kappa shape index (κ3) is 5.32. The van der Waals surface area contributed by atoms with E-state index in [4.69, 9.17) is 19.4 Å². The molecule has 5 nitrogen and oxygen atoms in total. The minimum absolute atomic E-state index is 0.439. The summed E-state index contributed by atoms with van der Waals surface area (Å²) in [5.41, 5.74) is 20.0. The Morgan fingerprint density at radius 1 is 0.348 bits per heavy atom. The highest BCUT2D eigenvalue weighted by atomic mass is 16.3. The Bertz CT molecular complexity index is 4200. The van der Waals surface area contributed by atoms with Crippen LogP contribution in [0.5, 0.6) is 0 Å². The lowest BCUT2D eigenvalue weighted by Gasteiger charge is -2.30. The van der Waals surface area contributed by atoms with Gasteiger partial charge in [-0.15, -0.1) is 0 Å². The van der Waals surface area contributed by atoms with Crippen LogP contribution < -0.4 is 0 Å². The van der Waals surface area contributed by atoms with Gasteiger partial charge in [-0.2, -0.15) is 0 Å². The number of nitrogens with zero attached hydrogens (tertiary/aromatic N) is 4. The molecule has 0 saturated carbocycles. The van der Waals surface area contributed by atoms with Crippen LogP contribution >= 0.6 is 0 Å². The van der Waals surface area contributed by atoms with Crippen LogP contribution in [0.2, 0.25) is 0 Å². The predicted molar refractivity (Wildman–Crippen MR) is 279 cm³/mol. The highest BCUT2D eigenvalue weighted by Crippen LogP contribution is 2.64. The normalized spacial score (nSPS) is 13.0. The van der Waals surface area contributed by atoms with Crippen LogP contribution in [0.25, 0.3) is 117 Å². The van der Waals surface area contributed by atoms with Crippen molar-refractivity contribution in [3.8, 4) is 73.2 Å². The van der Waals surface area contributed by atoms with E-state index in [0.29, 0.717) is 17.5 Å². The molecule has 69 heavy (non-hydrogen) atoms. The van der Waals surface area contributed by atoms with Gasteiger partial charge in [0.2, 0.25) is 0 Å². The van der Waals surface area contributed by atoms with Gasteiger partial charge >= 0.3 is 0 Å². The maximum atomic E-state index is 6.67. The van der Waals surface area contributed by atoms with E-state index in [1.54, 1.807) is 0 Å². The fourth-order valence-corrected chi connectivity index (χ4v) is 11.8. The zero-order chi connectivity index (χ0) is 45.2. The van der Waals surface area contributed by atoms with Crippen LogP contribution in [0.3, 0.4) is 0 Å². The summed E-state index contributed by atoms with van der Waals surface area (Å²) in [6, 6.07) is 82.5. The van der Waals surface area contributed by atoms with Crippen LogP contribution in [0, 0.1) is 0 Å². The van der Waals surface area contributed by atoms with E-state index in [1.807, 2.05) is 36.4 Å². The molecule has 3 aromatic heterocycles. The first-order valence-corrected chi connectivity index (χ1v) is 23.5. The number of fused-ring (bicyclic) bond motifs is 17. The molecule has 320 valence electrons. The van der Waals surface area contributed by atoms with Gasteiger partial charge < -0.3 is 8.98 Å². The van der Waals surface area contributed by atoms with Crippen molar-refractivity contribution in [1.29, 1.82) is 0 Å². The molecular formula is C64H38N4O. The second-order valence-corrected chi connectivity index (χ2v) is 18.2. The van der Waals surface area contributed by atoms with Gasteiger partial charge in [-0.3, -0.25) is 0 Å². The zero-order valence-corrected chi connectivity index (χ0v) is 37.1. The highest BCUT2D eigenvalue weighted by molar-refractivity contribution is 6.17. The molecule has 15 rings (SSSR count). The first kappa shape index (κ1) is 38.0. The number of benzene rings is 10. The minimum atomic E-state index is -0.439. The molecule has 13 aromatic rings. The fourth-order valence-electron chi connectivity index (χ4n) is 11.8. The predicted octanol–water partition coefficient (Wildman–Crippen LogP) is 15.9. The van der Waals surface area contributed by atoms with Gasteiger partial charge in [0.05, 0.1) is 16.4 Å². The maximum Gasteiger partial charge on any atom is 0.164 e. The molecule has 0 radical (unpaired) electrons. The molecule has 1 spiro atoms. The third-order valence-corrected chi connectivity index (χ3v) is 14.7. The van der Waals surface area contributed by atoms with Gasteiger partial charge in [0.15, 0.2) is 17.5 Å². The molecule has 3 heterocycles. The van der Waals surface area contributed by atoms with Crippen molar-refractivity contribution in [2.24, 2.45) is 0 Å². The second kappa shape index (κ2) is 14.4. The summed E-state index contributed by atoms with van der Waals surface area (Å²) < 4.78 is 9.14. The largest absolute Gasteiger partial charge is 0.455 e. The Balaban J connectivity index is 0.900. The van der Waals surface area contributed by atoms with Crippen LogP contribution in [0.1, 0.15) is 22.3 Å². The quantitative estimate of drug-likeness (QED) is 0.173. The molecule has 0 aliphatic heterocycles. The smallest absolute Gasteiger partial charge is 0.164 e. The lowest BCUT2D eigenvalue weighted by Crippen LogP contribution is -2.25. The summed E-state index contributed by atoms with van der Waals surface area (Å²) in [4.78, 5) is 15.4. The third-order valence-electron chi connectivity index (χ3n) is 14.7. The number of para-hydroxylation sites is 2. The van der Waals surface area contributed by atoms with E-state index < -0.39 is 5.41 Å².